The number of carbonyl (C=O) groups excluding carboxylic acids is 1. The summed E-state index contributed by atoms with van der Waals surface area (Å²) in [5, 5.41) is 0. The smallest absolute Gasteiger partial charge is 1.00 e. The van der Waals surface area contributed by atoms with Crippen LogP contribution in [0.25, 0.3) is 0 Å². The van der Waals surface area contributed by atoms with Gasteiger partial charge in [0.1, 0.15) is 6.33 Å². The molecule has 0 bridgehead atoms. The van der Waals surface area contributed by atoms with Crippen molar-refractivity contribution in [3.8, 4) is 0 Å². The number of hydrogen-bond donors (Lipinski definition) is 0. The van der Waals surface area contributed by atoms with E-state index >= 15 is 0 Å². The number of rotatable bonds is 4. The van der Waals surface area contributed by atoms with Crippen molar-refractivity contribution >= 4 is 36.1 Å². The molecule has 0 atom stereocenters. The van der Waals surface area contributed by atoms with E-state index in [2.05, 4.69) is 4.98 Å². The molecule has 0 spiro atoms. The summed E-state index contributed by atoms with van der Waals surface area (Å²) < 4.78 is 23.4. The zero-order chi connectivity index (χ0) is 11.3. The van der Waals surface area contributed by atoms with Crippen molar-refractivity contribution in [3.63, 3.8) is 0 Å². The second-order valence-electron chi connectivity index (χ2n) is 2.55. The average Bonchev–Trinajstić information content (AvgIpc) is 2.65. The molecule has 0 aromatic carbocycles. The normalized spacial score (nSPS) is 10.8. The molecule has 0 saturated heterocycles. The van der Waals surface area contributed by atoms with Crippen molar-refractivity contribution in [1.29, 1.82) is 0 Å². The maximum atomic E-state index is 11.4. The van der Waals surface area contributed by atoms with Crippen LogP contribution < -0.4 is 29.6 Å². The van der Waals surface area contributed by atoms with Gasteiger partial charge < -0.3 is 1.43 Å². The minimum absolute atomic E-state index is 0. The Bertz CT molecular complexity index is 424. The van der Waals surface area contributed by atoms with Gasteiger partial charge in [-0.1, -0.05) is 18.7 Å². The summed E-state index contributed by atoms with van der Waals surface area (Å²) >= 11 is 0.824. The third kappa shape index (κ3) is 5.24. The van der Waals surface area contributed by atoms with E-state index in [1.165, 1.54) is 22.7 Å². The third-order valence-electron chi connectivity index (χ3n) is 1.29. The molecule has 1 aromatic heterocycles. The Balaban J connectivity index is 0. The molecule has 1 rings (SSSR count). The van der Waals surface area contributed by atoms with E-state index in [4.69, 9.17) is 0 Å². The molecular weight excluding hydrogens is 279 g/mol. The van der Waals surface area contributed by atoms with Gasteiger partial charge in [-0.25, -0.2) is 13.4 Å². The summed E-state index contributed by atoms with van der Waals surface area (Å²) in [7, 11) is -3.32. The summed E-state index contributed by atoms with van der Waals surface area (Å²) in [5.41, 5.74) is 0. The molecule has 16 heavy (non-hydrogen) atoms. The van der Waals surface area contributed by atoms with Crippen molar-refractivity contribution in [2.75, 3.05) is 5.75 Å². The van der Waals surface area contributed by atoms with E-state index in [0.717, 1.165) is 18.2 Å². The summed E-state index contributed by atoms with van der Waals surface area (Å²) in [4.78, 5) is 15.0. The van der Waals surface area contributed by atoms with Crippen LogP contribution >= 0.6 is 22.7 Å². The maximum Gasteiger partial charge on any atom is 1.00 e. The number of aromatic nitrogens is 2. The third-order valence-corrected chi connectivity index (χ3v) is 6.02. The first-order valence-corrected chi connectivity index (χ1v) is 7.92. The minimum atomic E-state index is -3.79. The van der Waals surface area contributed by atoms with Crippen molar-refractivity contribution in [2.45, 2.75) is 13.3 Å². The second kappa shape index (κ2) is 7.78. The first-order valence-electron chi connectivity index (χ1n) is 4.16. The standard InChI is InChI=1S/C7H10N2O3S3.Na.H/c1-2-5-13-7(10)15(11,12)14-9-4-3-8-6-9;;/h3-4,6H,2,5H2,1H3;;/q;+1;-1. The van der Waals surface area contributed by atoms with E-state index in [1.807, 2.05) is 6.92 Å². The predicted molar refractivity (Wildman–Crippen MR) is 63.4 cm³/mol. The molecule has 0 saturated carbocycles. The quantitative estimate of drug-likeness (QED) is 0.528. The zero-order valence-corrected chi connectivity index (χ0v) is 13.4. The molecule has 0 radical (unpaired) electrons. The Labute approximate surface area is 126 Å². The van der Waals surface area contributed by atoms with Crippen LogP contribution in [-0.2, 0) is 8.87 Å². The van der Waals surface area contributed by atoms with Crippen LogP contribution in [0.1, 0.15) is 14.8 Å². The van der Waals surface area contributed by atoms with Crippen LogP contribution in [0.3, 0.4) is 0 Å². The van der Waals surface area contributed by atoms with Crippen LogP contribution in [0.15, 0.2) is 18.7 Å². The molecule has 0 amide bonds. The van der Waals surface area contributed by atoms with Crippen molar-refractivity contribution in [2.24, 2.45) is 0 Å². The molecular formula is C7H11N2NaO3S3. The molecule has 0 N–H and O–H groups in total. The van der Waals surface area contributed by atoms with E-state index < -0.39 is 13.3 Å². The van der Waals surface area contributed by atoms with E-state index in [9.17, 15) is 13.2 Å². The van der Waals surface area contributed by atoms with Crippen LogP contribution in [0, 0.1) is 0 Å². The van der Waals surface area contributed by atoms with Crippen LogP contribution in [0.5, 0.6) is 0 Å². The molecule has 0 unspecified atom stereocenters. The van der Waals surface area contributed by atoms with Crippen molar-refractivity contribution in [3.05, 3.63) is 18.7 Å². The molecule has 5 nitrogen and oxygen atoms in total. The van der Waals surface area contributed by atoms with Crippen LogP contribution in [-0.4, -0.2) is 27.6 Å². The van der Waals surface area contributed by atoms with Gasteiger partial charge in [0.25, 0.3) is 8.87 Å². The van der Waals surface area contributed by atoms with Gasteiger partial charge in [-0.2, -0.15) is 0 Å². The number of imidazole rings is 1. The monoisotopic (exact) mass is 290 g/mol. The van der Waals surface area contributed by atoms with E-state index in [-0.39, 0.29) is 31.0 Å². The molecule has 1 heterocycles. The second-order valence-corrected chi connectivity index (χ2v) is 7.49. The predicted octanol–water partition coefficient (Wildman–Crippen LogP) is -0.911. The molecule has 86 valence electrons. The van der Waals surface area contributed by atoms with Gasteiger partial charge in [0.2, 0.25) is 0 Å². The van der Waals surface area contributed by atoms with Gasteiger partial charge in [0.05, 0.1) is 11.0 Å². The van der Waals surface area contributed by atoms with Crippen LogP contribution in [0.4, 0.5) is 4.79 Å². The van der Waals surface area contributed by atoms with E-state index in [0.29, 0.717) is 16.7 Å². The van der Waals surface area contributed by atoms with Gasteiger partial charge in [-0.3, -0.25) is 8.77 Å². The minimum Gasteiger partial charge on any atom is -1.00 e. The molecule has 0 fully saturated rings. The molecule has 0 aliphatic rings. The van der Waals surface area contributed by atoms with Gasteiger partial charge >= 0.3 is 34.0 Å². The average molecular weight is 290 g/mol. The van der Waals surface area contributed by atoms with Gasteiger partial charge in [0, 0.05) is 18.1 Å². The summed E-state index contributed by atoms with van der Waals surface area (Å²) in [6, 6.07) is 0. The molecule has 0 aliphatic carbocycles. The molecule has 1 aromatic rings. The Hall–Kier alpha value is 0.530. The SMILES string of the molecule is CCCSC(=O)S(=O)(=O)Sn1ccnc1.[H-].[Na+]. The summed E-state index contributed by atoms with van der Waals surface area (Å²) in [5.74, 6) is 0.516. The van der Waals surface area contributed by atoms with E-state index in [1.54, 1.807) is 0 Å². The number of nitrogens with zero attached hydrogens (tertiary/aromatic N) is 2. The van der Waals surface area contributed by atoms with Gasteiger partial charge in [-0.05, 0) is 6.42 Å². The number of hydrogen-bond acceptors (Lipinski definition) is 6. The maximum absolute atomic E-state index is 11.4. The first kappa shape index (κ1) is 16.5. The number of carbonyl (C=O) groups is 1. The van der Waals surface area contributed by atoms with Crippen molar-refractivity contribution < 1.29 is 44.2 Å². The number of thioether (sulfide) groups is 1. The Morgan fingerprint density at radius 3 is 2.75 bits per heavy atom. The van der Waals surface area contributed by atoms with Crippen molar-refractivity contribution in [1.82, 2.24) is 8.96 Å². The fraction of sp³-hybridized carbons (Fsp3) is 0.429. The molecule has 9 heteroatoms. The van der Waals surface area contributed by atoms with Gasteiger partial charge in [-0.15, -0.1) is 0 Å². The fourth-order valence-electron chi connectivity index (χ4n) is 0.692. The largest absolute Gasteiger partial charge is 1.00 e. The van der Waals surface area contributed by atoms with Gasteiger partial charge in [0.15, 0.2) is 0 Å². The summed E-state index contributed by atoms with van der Waals surface area (Å²) in [6.45, 7) is 1.88. The Morgan fingerprint density at radius 1 is 1.56 bits per heavy atom. The Kier molecular flexibility index (Phi) is 8.04. The topological polar surface area (TPSA) is 69.0 Å². The fourth-order valence-corrected chi connectivity index (χ4v) is 4.21. The summed E-state index contributed by atoms with van der Waals surface area (Å²) in [6.07, 6.45) is 5.02. The Morgan fingerprint density at radius 2 is 2.25 bits per heavy atom. The zero-order valence-electron chi connectivity index (χ0n) is 9.99. The van der Waals surface area contributed by atoms with Crippen LogP contribution in [0.2, 0.25) is 0 Å². The molecule has 0 aliphatic heterocycles. The first-order chi connectivity index (χ1) is 7.06.